The van der Waals surface area contributed by atoms with Gasteiger partial charge in [0.1, 0.15) is 5.41 Å². The Morgan fingerprint density at radius 2 is 1.76 bits per heavy atom. The monoisotopic (exact) mass is 240 g/mol. The lowest BCUT2D eigenvalue weighted by molar-refractivity contribution is -0.152. The summed E-state index contributed by atoms with van der Waals surface area (Å²) in [5.74, 6) is -1.34. The van der Waals surface area contributed by atoms with Crippen molar-refractivity contribution in [2.24, 2.45) is 5.41 Å². The van der Waals surface area contributed by atoms with E-state index in [-0.39, 0.29) is 18.0 Å². The molecule has 96 valence electrons. The van der Waals surface area contributed by atoms with Crippen LogP contribution in [0.4, 0.5) is 0 Å². The average Bonchev–Trinajstić information content (AvgIpc) is 3.04. The van der Waals surface area contributed by atoms with Gasteiger partial charge in [0, 0.05) is 12.1 Å². The van der Waals surface area contributed by atoms with Crippen LogP contribution in [0.1, 0.15) is 46.0 Å². The van der Waals surface area contributed by atoms with E-state index >= 15 is 0 Å². The molecule has 1 aliphatic carbocycles. The third-order valence-electron chi connectivity index (χ3n) is 4.02. The molecule has 2 N–H and O–H groups in total. The minimum atomic E-state index is -1.14. The number of nitrogens with one attached hydrogen (secondary N) is 1. The zero-order valence-corrected chi connectivity index (χ0v) is 10.4. The second-order valence-corrected chi connectivity index (χ2v) is 5.36. The van der Waals surface area contributed by atoms with Gasteiger partial charge in [-0.3, -0.25) is 15.0 Å². The van der Waals surface area contributed by atoms with Gasteiger partial charge >= 0.3 is 5.97 Å². The molecule has 0 radical (unpaired) electrons. The maximum absolute atomic E-state index is 12.0. The highest BCUT2D eigenvalue weighted by Crippen LogP contribution is 2.46. The average molecular weight is 240 g/mol. The Kier molecular flexibility index (Phi) is 3.12. The number of carboxylic acid groups (broad SMARTS) is 1. The molecule has 1 saturated carbocycles. The van der Waals surface area contributed by atoms with Gasteiger partial charge in [-0.25, -0.2) is 5.01 Å². The number of carboxylic acids is 1. The van der Waals surface area contributed by atoms with Crippen molar-refractivity contribution in [3.63, 3.8) is 0 Å². The zero-order valence-electron chi connectivity index (χ0n) is 10.4. The van der Waals surface area contributed by atoms with Crippen LogP contribution in [0.15, 0.2) is 0 Å². The molecule has 0 aromatic heterocycles. The second kappa shape index (κ2) is 4.29. The molecule has 2 rings (SSSR count). The molecular weight excluding hydrogens is 220 g/mol. The van der Waals surface area contributed by atoms with Crippen LogP contribution in [0.5, 0.6) is 0 Å². The Bertz CT molecular complexity index is 329. The Hall–Kier alpha value is -1.10. The summed E-state index contributed by atoms with van der Waals surface area (Å²) in [5, 5.41) is 11.0. The number of hydrazine groups is 1. The van der Waals surface area contributed by atoms with Crippen molar-refractivity contribution in [1.82, 2.24) is 10.4 Å². The van der Waals surface area contributed by atoms with Crippen LogP contribution in [0, 0.1) is 5.41 Å². The fraction of sp³-hybridized carbons (Fsp3) is 0.833. The second-order valence-electron chi connectivity index (χ2n) is 5.36. The first-order valence-corrected chi connectivity index (χ1v) is 6.30. The molecule has 1 saturated heterocycles. The molecule has 5 nitrogen and oxygen atoms in total. The summed E-state index contributed by atoms with van der Waals surface area (Å²) in [6.07, 6.45) is 4.18. The van der Waals surface area contributed by atoms with Crippen LogP contribution in [-0.2, 0) is 9.59 Å². The number of piperidine rings is 1. The lowest BCUT2D eigenvalue weighted by atomic mass is 9.99. The van der Waals surface area contributed by atoms with Gasteiger partial charge in [0.15, 0.2) is 0 Å². The quantitative estimate of drug-likeness (QED) is 0.726. The van der Waals surface area contributed by atoms with Crippen molar-refractivity contribution >= 4 is 11.9 Å². The van der Waals surface area contributed by atoms with Gasteiger partial charge in [-0.1, -0.05) is 6.42 Å². The number of carbonyl (C=O) groups excluding carboxylic acids is 1. The number of aliphatic carboxylic acids is 1. The van der Waals surface area contributed by atoms with E-state index in [1.54, 1.807) is 0 Å². The molecule has 0 aromatic carbocycles. The van der Waals surface area contributed by atoms with Crippen LogP contribution in [0.2, 0.25) is 0 Å². The van der Waals surface area contributed by atoms with Gasteiger partial charge in [0.25, 0.3) is 5.91 Å². The molecule has 5 heteroatoms. The van der Waals surface area contributed by atoms with Crippen molar-refractivity contribution in [3.8, 4) is 0 Å². The molecule has 1 amide bonds. The molecular formula is C12H20N2O3. The van der Waals surface area contributed by atoms with E-state index < -0.39 is 11.4 Å². The highest BCUT2D eigenvalue weighted by atomic mass is 16.4. The lowest BCUT2D eigenvalue weighted by Gasteiger charge is -2.39. The highest BCUT2D eigenvalue weighted by Gasteiger charge is 2.57. The van der Waals surface area contributed by atoms with Crippen LogP contribution in [0.25, 0.3) is 0 Å². The van der Waals surface area contributed by atoms with Gasteiger partial charge < -0.3 is 5.11 Å². The van der Waals surface area contributed by atoms with Crippen LogP contribution in [-0.4, -0.2) is 34.1 Å². The maximum Gasteiger partial charge on any atom is 0.319 e. The Morgan fingerprint density at radius 3 is 2.18 bits per heavy atom. The number of nitrogens with zero attached hydrogens (tertiary/aromatic N) is 1. The summed E-state index contributed by atoms with van der Waals surface area (Å²) in [4.78, 5) is 23.0. The van der Waals surface area contributed by atoms with Crippen LogP contribution < -0.4 is 5.43 Å². The molecule has 0 bridgehead atoms. The molecule has 0 aromatic rings. The number of hydrogen-bond acceptors (Lipinski definition) is 3. The largest absolute Gasteiger partial charge is 0.480 e. The first-order chi connectivity index (χ1) is 7.97. The van der Waals surface area contributed by atoms with E-state index in [1.807, 2.05) is 5.01 Å². The standard InChI is InChI=1S/C12H20N2O3/c1-8-4-3-5-9(2)14(8)13-10(15)12(6-7-12)11(16)17/h8-9H,3-7H2,1-2H3,(H,13,15)(H,16,17). The van der Waals surface area contributed by atoms with Crippen molar-refractivity contribution in [1.29, 1.82) is 0 Å². The van der Waals surface area contributed by atoms with Crippen molar-refractivity contribution in [3.05, 3.63) is 0 Å². The Balaban J connectivity index is 2.00. The Morgan fingerprint density at radius 1 is 1.24 bits per heavy atom. The zero-order chi connectivity index (χ0) is 12.6. The summed E-state index contributed by atoms with van der Waals surface area (Å²) in [6.45, 7) is 4.13. The van der Waals surface area contributed by atoms with Crippen LogP contribution >= 0.6 is 0 Å². The third kappa shape index (κ3) is 2.16. The summed E-state index contributed by atoms with van der Waals surface area (Å²) in [6, 6.07) is 0.569. The van der Waals surface area contributed by atoms with E-state index in [0.29, 0.717) is 12.8 Å². The van der Waals surface area contributed by atoms with E-state index in [0.717, 1.165) is 12.8 Å². The van der Waals surface area contributed by atoms with E-state index in [2.05, 4.69) is 19.3 Å². The van der Waals surface area contributed by atoms with Crippen molar-refractivity contribution in [2.75, 3.05) is 0 Å². The highest BCUT2D eigenvalue weighted by molar-refractivity contribution is 6.04. The van der Waals surface area contributed by atoms with Crippen molar-refractivity contribution in [2.45, 2.75) is 58.0 Å². The normalized spacial score (nSPS) is 31.9. The number of rotatable bonds is 3. The van der Waals surface area contributed by atoms with Gasteiger partial charge in [-0.2, -0.15) is 0 Å². The van der Waals surface area contributed by atoms with E-state index in [1.165, 1.54) is 6.42 Å². The summed E-state index contributed by atoms with van der Waals surface area (Å²) in [7, 11) is 0. The molecule has 0 spiro atoms. The maximum atomic E-state index is 12.0. The van der Waals surface area contributed by atoms with Gasteiger partial charge in [0.05, 0.1) is 0 Å². The lowest BCUT2D eigenvalue weighted by Crippen LogP contribution is -2.56. The SMILES string of the molecule is CC1CCCC(C)N1NC(=O)C1(C(=O)O)CC1. The summed E-state index contributed by atoms with van der Waals surface area (Å²) < 4.78 is 0. The summed E-state index contributed by atoms with van der Waals surface area (Å²) in [5.41, 5.74) is 1.67. The third-order valence-corrected chi connectivity index (χ3v) is 4.02. The smallest absolute Gasteiger partial charge is 0.319 e. The van der Waals surface area contributed by atoms with Gasteiger partial charge in [-0.05, 0) is 39.5 Å². The molecule has 2 aliphatic rings. The summed E-state index contributed by atoms with van der Waals surface area (Å²) >= 11 is 0. The number of hydrogen-bond donors (Lipinski definition) is 2. The fourth-order valence-electron chi connectivity index (χ4n) is 2.53. The predicted octanol–water partition coefficient (Wildman–Crippen LogP) is 1.15. The van der Waals surface area contributed by atoms with E-state index in [4.69, 9.17) is 5.11 Å². The first-order valence-electron chi connectivity index (χ1n) is 6.30. The minimum Gasteiger partial charge on any atom is -0.480 e. The molecule has 2 fully saturated rings. The Labute approximate surface area is 101 Å². The van der Waals surface area contributed by atoms with Gasteiger partial charge in [-0.15, -0.1) is 0 Å². The number of carbonyl (C=O) groups is 2. The topological polar surface area (TPSA) is 69.6 Å². The molecule has 17 heavy (non-hydrogen) atoms. The minimum absolute atomic E-state index is 0.285. The predicted molar refractivity (Wildman–Crippen MR) is 62.1 cm³/mol. The fourth-order valence-corrected chi connectivity index (χ4v) is 2.53. The molecule has 2 atom stereocenters. The van der Waals surface area contributed by atoms with Gasteiger partial charge in [0.2, 0.25) is 0 Å². The van der Waals surface area contributed by atoms with E-state index in [9.17, 15) is 9.59 Å². The first kappa shape index (κ1) is 12.4. The number of amides is 1. The van der Waals surface area contributed by atoms with Crippen LogP contribution in [0.3, 0.4) is 0 Å². The molecule has 1 heterocycles. The molecule has 2 unspecified atom stereocenters. The molecule has 1 aliphatic heterocycles. The van der Waals surface area contributed by atoms with Crippen molar-refractivity contribution < 1.29 is 14.7 Å².